The Morgan fingerprint density at radius 3 is 2.36 bits per heavy atom. The highest BCUT2D eigenvalue weighted by atomic mass is 16.5. The molecule has 0 saturated carbocycles. The van der Waals surface area contributed by atoms with Gasteiger partial charge in [-0.1, -0.05) is 6.07 Å². The first-order valence-electron chi connectivity index (χ1n) is 10.6. The zero-order valence-electron chi connectivity index (χ0n) is 19.0. The van der Waals surface area contributed by atoms with Crippen LogP contribution in [0.4, 0.5) is 0 Å². The molecule has 0 bridgehead atoms. The Bertz CT molecular complexity index is 1310. The highest BCUT2D eigenvalue weighted by molar-refractivity contribution is 6.00. The normalized spacial score (nSPS) is 13.9. The molecule has 0 N–H and O–H groups in total. The van der Waals surface area contributed by atoms with Crippen LogP contribution in [0.5, 0.6) is 11.5 Å². The fourth-order valence-electron chi connectivity index (χ4n) is 4.13. The predicted octanol–water partition coefficient (Wildman–Crippen LogP) is 2.91. The number of rotatable bonds is 6. The molecule has 9 nitrogen and oxygen atoms in total. The molecule has 3 heterocycles. The van der Waals surface area contributed by atoms with Gasteiger partial charge < -0.3 is 19.1 Å². The molecule has 1 aliphatic rings. The van der Waals surface area contributed by atoms with E-state index in [4.69, 9.17) is 14.2 Å². The van der Waals surface area contributed by atoms with Crippen molar-refractivity contribution < 1.29 is 19.0 Å². The van der Waals surface area contributed by atoms with Gasteiger partial charge in [0.05, 0.1) is 43.2 Å². The number of hydrogen-bond donors (Lipinski definition) is 0. The SMILES string of the molecule is COc1cc(-n2cnc3cc(-c4cnn(C)c4)ccc32)cc(OC)c1C(=O)N1CC(OC)C1. The Labute approximate surface area is 191 Å². The Balaban J connectivity index is 1.53. The van der Waals surface area contributed by atoms with Crippen LogP contribution in [0, 0.1) is 0 Å². The topological polar surface area (TPSA) is 83.6 Å². The Hall–Kier alpha value is -3.85. The van der Waals surface area contributed by atoms with Gasteiger partial charge in [0.2, 0.25) is 0 Å². The summed E-state index contributed by atoms with van der Waals surface area (Å²) in [6.07, 6.45) is 5.62. The number of carbonyl (C=O) groups is 1. The van der Waals surface area contributed by atoms with Gasteiger partial charge in [-0.2, -0.15) is 5.10 Å². The highest BCUT2D eigenvalue weighted by Crippen LogP contribution is 2.35. The van der Waals surface area contributed by atoms with Crippen LogP contribution < -0.4 is 9.47 Å². The minimum absolute atomic E-state index is 0.0686. The molecule has 4 aromatic rings. The molecule has 0 spiro atoms. The standard InChI is InChI=1S/C24H25N5O4/c1-27-11-16(10-26-27)15-5-6-20-19(7-15)25-14-29(20)17-8-21(32-3)23(22(9-17)33-4)24(30)28-12-18(13-28)31-2/h5-11,14,18H,12-13H2,1-4H3. The third kappa shape index (κ3) is 3.60. The summed E-state index contributed by atoms with van der Waals surface area (Å²) < 4.78 is 20.2. The van der Waals surface area contributed by atoms with Gasteiger partial charge in [0.15, 0.2) is 0 Å². The largest absolute Gasteiger partial charge is 0.496 e. The highest BCUT2D eigenvalue weighted by Gasteiger charge is 2.34. The van der Waals surface area contributed by atoms with Crippen molar-refractivity contribution >= 4 is 16.9 Å². The van der Waals surface area contributed by atoms with Gasteiger partial charge in [-0.25, -0.2) is 4.98 Å². The number of ether oxygens (including phenoxy) is 3. The molecule has 1 saturated heterocycles. The summed E-state index contributed by atoms with van der Waals surface area (Å²) >= 11 is 0. The number of hydrogen-bond acceptors (Lipinski definition) is 6. The Kier molecular flexibility index (Phi) is 5.26. The lowest BCUT2D eigenvalue weighted by Gasteiger charge is -2.38. The maximum Gasteiger partial charge on any atom is 0.261 e. The van der Waals surface area contributed by atoms with Crippen molar-refractivity contribution in [2.24, 2.45) is 7.05 Å². The summed E-state index contributed by atoms with van der Waals surface area (Å²) in [6, 6.07) is 9.76. The number of carbonyl (C=O) groups excluding carboxylic acids is 1. The van der Waals surface area contributed by atoms with E-state index < -0.39 is 0 Å². The van der Waals surface area contributed by atoms with E-state index in [2.05, 4.69) is 10.1 Å². The number of imidazole rings is 1. The van der Waals surface area contributed by atoms with Gasteiger partial charge in [-0.05, 0) is 17.7 Å². The van der Waals surface area contributed by atoms with Crippen LogP contribution in [0.2, 0.25) is 0 Å². The molecule has 170 valence electrons. The molecule has 9 heteroatoms. The molecule has 1 aliphatic heterocycles. The van der Waals surface area contributed by atoms with E-state index in [0.717, 1.165) is 27.8 Å². The van der Waals surface area contributed by atoms with E-state index in [1.165, 1.54) is 0 Å². The van der Waals surface area contributed by atoms with Crippen molar-refractivity contribution in [3.05, 3.63) is 54.6 Å². The summed E-state index contributed by atoms with van der Waals surface area (Å²) in [4.78, 5) is 19.4. The summed E-state index contributed by atoms with van der Waals surface area (Å²) in [5, 5.41) is 4.24. The Morgan fingerprint density at radius 1 is 1.03 bits per heavy atom. The number of likely N-dealkylation sites (tertiary alicyclic amines) is 1. The number of nitrogens with zero attached hydrogens (tertiary/aromatic N) is 5. The van der Waals surface area contributed by atoms with E-state index in [0.29, 0.717) is 30.2 Å². The van der Waals surface area contributed by atoms with E-state index in [-0.39, 0.29) is 12.0 Å². The molecule has 1 amide bonds. The molecular formula is C24H25N5O4. The zero-order valence-corrected chi connectivity index (χ0v) is 19.0. The van der Waals surface area contributed by atoms with E-state index in [1.807, 2.05) is 54.3 Å². The molecule has 0 unspecified atom stereocenters. The van der Waals surface area contributed by atoms with Gasteiger partial charge in [-0.3, -0.25) is 14.0 Å². The fourth-order valence-corrected chi connectivity index (χ4v) is 4.13. The van der Waals surface area contributed by atoms with Gasteiger partial charge in [0.25, 0.3) is 5.91 Å². The number of aromatic nitrogens is 4. The minimum Gasteiger partial charge on any atom is -0.496 e. The zero-order chi connectivity index (χ0) is 23.1. The first-order chi connectivity index (χ1) is 16.0. The van der Waals surface area contributed by atoms with Crippen LogP contribution in [-0.4, -0.2) is 70.7 Å². The fraction of sp³-hybridized carbons (Fsp3) is 0.292. The maximum atomic E-state index is 13.1. The van der Waals surface area contributed by atoms with E-state index >= 15 is 0 Å². The second-order valence-electron chi connectivity index (χ2n) is 8.01. The summed E-state index contributed by atoms with van der Waals surface area (Å²) in [5.74, 6) is 0.758. The van der Waals surface area contributed by atoms with Crippen molar-refractivity contribution in [3.63, 3.8) is 0 Å². The molecule has 33 heavy (non-hydrogen) atoms. The van der Waals surface area contributed by atoms with Gasteiger partial charge in [0, 0.05) is 51.1 Å². The predicted molar refractivity (Wildman–Crippen MR) is 123 cm³/mol. The lowest BCUT2D eigenvalue weighted by Crippen LogP contribution is -2.54. The average molecular weight is 447 g/mol. The maximum absolute atomic E-state index is 13.1. The second-order valence-corrected chi connectivity index (χ2v) is 8.01. The monoisotopic (exact) mass is 447 g/mol. The van der Waals surface area contributed by atoms with Crippen molar-refractivity contribution in [2.45, 2.75) is 6.10 Å². The third-order valence-electron chi connectivity index (χ3n) is 6.04. The molecule has 0 atom stereocenters. The Morgan fingerprint density at radius 2 is 1.76 bits per heavy atom. The van der Waals surface area contributed by atoms with Crippen LogP contribution in [0.15, 0.2) is 49.1 Å². The number of methoxy groups -OCH3 is 3. The van der Waals surface area contributed by atoms with Crippen LogP contribution in [-0.2, 0) is 11.8 Å². The first kappa shape index (κ1) is 21.0. The quantitative estimate of drug-likeness (QED) is 0.452. The number of aryl methyl sites for hydroxylation is 1. The number of benzene rings is 2. The second kappa shape index (κ2) is 8.25. The third-order valence-corrected chi connectivity index (χ3v) is 6.04. The van der Waals surface area contributed by atoms with Crippen molar-refractivity contribution in [1.29, 1.82) is 0 Å². The van der Waals surface area contributed by atoms with Crippen molar-refractivity contribution in [3.8, 4) is 28.3 Å². The molecular weight excluding hydrogens is 422 g/mol. The average Bonchev–Trinajstić information content (AvgIpc) is 3.43. The van der Waals surface area contributed by atoms with Crippen LogP contribution in [0.3, 0.4) is 0 Å². The summed E-state index contributed by atoms with van der Waals surface area (Å²) in [7, 11) is 6.65. The molecule has 1 fully saturated rings. The number of fused-ring (bicyclic) bond motifs is 1. The summed E-state index contributed by atoms with van der Waals surface area (Å²) in [6.45, 7) is 1.10. The first-order valence-corrected chi connectivity index (χ1v) is 10.6. The molecule has 2 aromatic carbocycles. The molecule has 2 aromatic heterocycles. The van der Waals surface area contributed by atoms with Gasteiger partial charge in [-0.15, -0.1) is 0 Å². The smallest absolute Gasteiger partial charge is 0.261 e. The molecule has 0 aliphatic carbocycles. The lowest BCUT2D eigenvalue weighted by molar-refractivity contribution is -0.0194. The molecule has 0 radical (unpaired) electrons. The lowest BCUT2D eigenvalue weighted by atomic mass is 10.1. The van der Waals surface area contributed by atoms with Crippen molar-refractivity contribution in [1.82, 2.24) is 24.2 Å². The van der Waals surface area contributed by atoms with Gasteiger partial charge >= 0.3 is 0 Å². The number of amides is 1. The van der Waals surface area contributed by atoms with Crippen LogP contribution in [0.1, 0.15) is 10.4 Å². The van der Waals surface area contributed by atoms with Gasteiger partial charge in [0.1, 0.15) is 23.4 Å². The van der Waals surface area contributed by atoms with Crippen LogP contribution in [0.25, 0.3) is 27.8 Å². The minimum atomic E-state index is -0.139. The van der Waals surface area contributed by atoms with Crippen molar-refractivity contribution in [2.75, 3.05) is 34.4 Å². The van der Waals surface area contributed by atoms with E-state index in [9.17, 15) is 4.79 Å². The molecule has 5 rings (SSSR count). The van der Waals surface area contributed by atoms with E-state index in [1.54, 1.807) is 37.2 Å². The summed E-state index contributed by atoms with van der Waals surface area (Å²) in [5.41, 5.74) is 5.04. The van der Waals surface area contributed by atoms with Crippen LogP contribution >= 0.6 is 0 Å².